The van der Waals surface area contributed by atoms with Crippen molar-refractivity contribution in [2.75, 3.05) is 5.32 Å². The van der Waals surface area contributed by atoms with Crippen LogP contribution in [0.4, 0.5) is 17.1 Å². The Bertz CT molecular complexity index is 1310. The first kappa shape index (κ1) is 19.2. The molecule has 0 saturated carbocycles. The average Bonchev–Trinajstić information content (AvgIpc) is 3.35. The Hall–Kier alpha value is -4.12. The molecule has 1 aromatic carbocycles. The van der Waals surface area contributed by atoms with Gasteiger partial charge in [0.25, 0.3) is 5.69 Å². The number of hydrogen-bond acceptors (Lipinski definition) is 5. The van der Waals surface area contributed by atoms with Gasteiger partial charge in [0.15, 0.2) is 5.65 Å². The van der Waals surface area contributed by atoms with Gasteiger partial charge in [-0.05, 0) is 44.4 Å². The highest BCUT2D eigenvalue weighted by atomic mass is 16.6. The highest BCUT2D eigenvalue weighted by Crippen LogP contribution is 2.22. The van der Waals surface area contributed by atoms with E-state index in [-0.39, 0.29) is 11.7 Å². The summed E-state index contributed by atoms with van der Waals surface area (Å²) < 4.78 is 3.77. The van der Waals surface area contributed by atoms with Crippen LogP contribution < -0.4 is 5.32 Å². The maximum atomic E-state index is 11.0. The number of nitrogens with zero attached hydrogens (tertiary/aromatic N) is 5. The van der Waals surface area contributed by atoms with Gasteiger partial charge in [-0.3, -0.25) is 19.2 Å². The normalized spacial score (nSPS) is 10.8. The van der Waals surface area contributed by atoms with E-state index in [1.54, 1.807) is 18.5 Å². The molecule has 150 valence electrons. The Balaban J connectivity index is 1.67. The van der Waals surface area contributed by atoms with E-state index in [0.29, 0.717) is 11.3 Å². The van der Waals surface area contributed by atoms with Crippen LogP contribution in [-0.4, -0.2) is 24.1 Å². The van der Waals surface area contributed by atoms with Gasteiger partial charge in [0.1, 0.15) is 5.69 Å². The molecule has 0 aliphatic heterocycles. The lowest BCUT2D eigenvalue weighted by molar-refractivity contribution is -0.384. The Kier molecular flexibility index (Phi) is 4.94. The average molecular weight is 400 g/mol. The van der Waals surface area contributed by atoms with Crippen molar-refractivity contribution in [1.29, 1.82) is 0 Å². The third-order valence-corrected chi connectivity index (χ3v) is 4.70. The maximum Gasteiger partial charge on any atom is 0.270 e. The minimum atomic E-state index is -0.418. The molecule has 0 radical (unpaired) electrons. The number of non-ortho nitro benzene ring substituents is 1. The Morgan fingerprint density at radius 2 is 2.03 bits per heavy atom. The van der Waals surface area contributed by atoms with Gasteiger partial charge in [0.2, 0.25) is 0 Å². The number of benzene rings is 1. The van der Waals surface area contributed by atoms with Crippen LogP contribution in [0.25, 0.3) is 5.65 Å². The number of nitro benzene ring substituents is 1. The summed E-state index contributed by atoms with van der Waals surface area (Å²) in [7, 11) is 0. The highest BCUT2D eigenvalue weighted by molar-refractivity contribution is 5.74. The van der Waals surface area contributed by atoms with Gasteiger partial charge in [-0.2, -0.15) is 5.10 Å². The van der Waals surface area contributed by atoms with Crippen molar-refractivity contribution in [3.05, 3.63) is 82.1 Å². The molecule has 0 aliphatic carbocycles. The van der Waals surface area contributed by atoms with E-state index in [0.717, 1.165) is 22.6 Å². The summed E-state index contributed by atoms with van der Waals surface area (Å²) in [5.74, 6) is 6.12. The lowest BCUT2D eigenvalue weighted by Crippen LogP contribution is -2.00. The van der Waals surface area contributed by atoms with E-state index >= 15 is 0 Å². The molecule has 0 saturated heterocycles. The van der Waals surface area contributed by atoms with Crippen LogP contribution in [0.3, 0.4) is 0 Å². The first-order valence-corrected chi connectivity index (χ1v) is 9.46. The minimum absolute atomic E-state index is 0.0245. The molecule has 4 aromatic rings. The molecule has 0 aliphatic rings. The van der Waals surface area contributed by atoms with Crippen molar-refractivity contribution in [3.8, 4) is 11.8 Å². The topological polar surface area (TPSA) is 90.3 Å². The zero-order valence-electron chi connectivity index (χ0n) is 16.8. The molecule has 8 nitrogen and oxygen atoms in total. The summed E-state index contributed by atoms with van der Waals surface area (Å²) in [6.45, 7) is 6.02. The van der Waals surface area contributed by atoms with Crippen LogP contribution in [0.15, 0.2) is 55.1 Å². The largest absolute Gasteiger partial charge is 0.350 e. The van der Waals surface area contributed by atoms with Gasteiger partial charge in [-0.1, -0.05) is 12.0 Å². The molecule has 0 bridgehead atoms. The molecule has 4 rings (SSSR count). The molecule has 0 fully saturated rings. The molecule has 3 aromatic heterocycles. The van der Waals surface area contributed by atoms with E-state index in [1.807, 2.05) is 40.5 Å². The van der Waals surface area contributed by atoms with Gasteiger partial charge in [-0.25, -0.2) is 4.98 Å². The number of pyridine rings is 1. The number of aromatic nitrogens is 4. The molecular formula is C22H20N6O2. The fourth-order valence-electron chi connectivity index (χ4n) is 3.03. The Morgan fingerprint density at radius 1 is 1.20 bits per heavy atom. The van der Waals surface area contributed by atoms with Gasteiger partial charge < -0.3 is 5.32 Å². The monoisotopic (exact) mass is 400 g/mol. The second-order valence-electron chi connectivity index (χ2n) is 7.19. The first-order valence-electron chi connectivity index (χ1n) is 9.46. The number of aryl methyl sites for hydroxylation is 1. The molecule has 0 spiro atoms. The number of nitrogens with one attached hydrogen (secondary N) is 1. The SMILES string of the molecule is Cc1ccc([N+](=O)[O-])cc1C#Cc1cnc2c(Nc3cnn(C(C)C)c3)cccn12. The summed E-state index contributed by atoms with van der Waals surface area (Å²) >= 11 is 0. The second-order valence-corrected chi connectivity index (χ2v) is 7.19. The molecule has 3 heterocycles. The molecule has 0 unspecified atom stereocenters. The predicted molar refractivity (Wildman–Crippen MR) is 115 cm³/mol. The number of hydrogen-bond donors (Lipinski definition) is 1. The summed E-state index contributed by atoms with van der Waals surface area (Å²) in [6.07, 6.45) is 7.30. The fourth-order valence-corrected chi connectivity index (χ4v) is 3.03. The van der Waals surface area contributed by atoms with Gasteiger partial charge in [0.05, 0.1) is 28.7 Å². The molecule has 1 N–H and O–H groups in total. The number of nitro groups is 1. The van der Waals surface area contributed by atoms with Crippen LogP contribution in [0.1, 0.15) is 36.7 Å². The van der Waals surface area contributed by atoms with E-state index in [1.165, 1.54) is 12.1 Å². The smallest absolute Gasteiger partial charge is 0.270 e. The zero-order valence-corrected chi connectivity index (χ0v) is 16.8. The van der Waals surface area contributed by atoms with Crippen molar-refractivity contribution in [2.45, 2.75) is 26.8 Å². The molecule has 8 heteroatoms. The van der Waals surface area contributed by atoms with E-state index in [4.69, 9.17) is 0 Å². The molecule has 30 heavy (non-hydrogen) atoms. The van der Waals surface area contributed by atoms with Crippen molar-refractivity contribution >= 4 is 22.7 Å². The number of fused-ring (bicyclic) bond motifs is 1. The van der Waals surface area contributed by atoms with Gasteiger partial charge >= 0.3 is 0 Å². The summed E-state index contributed by atoms with van der Waals surface area (Å²) in [5.41, 5.74) is 4.66. The number of rotatable bonds is 4. The quantitative estimate of drug-likeness (QED) is 0.310. The minimum Gasteiger partial charge on any atom is -0.350 e. The van der Waals surface area contributed by atoms with Crippen molar-refractivity contribution in [2.24, 2.45) is 0 Å². The molecule has 0 atom stereocenters. The van der Waals surface area contributed by atoms with Crippen molar-refractivity contribution < 1.29 is 4.92 Å². The van der Waals surface area contributed by atoms with E-state index < -0.39 is 4.92 Å². The Morgan fingerprint density at radius 3 is 2.77 bits per heavy atom. The van der Waals surface area contributed by atoms with Crippen LogP contribution in [0.5, 0.6) is 0 Å². The number of imidazole rings is 1. The van der Waals surface area contributed by atoms with Crippen molar-refractivity contribution in [1.82, 2.24) is 19.2 Å². The van der Waals surface area contributed by atoms with Crippen LogP contribution in [0.2, 0.25) is 0 Å². The molecule has 0 amide bonds. The second kappa shape index (κ2) is 7.72. The van der Waals surface area contributed by atoms with Crippen LogP contribution >= 0.6 is 0 Å². The van der Waals surface area contributed by atoms with Gasteiger partial charge in [0, 0.05) is 36.1 Å². The van der Waals surface area contributed by atoms with E-state index in [2.05, 4.69) is 41.1 Å². The van der Waals surface area contributed by atoms with E-state index in [9.17, 15) is 10.1 Å². The van der Waals surface area contributed by atoms with Crippen LogP contribution in [0, 0.1) is 28.9 Å². The Labute approximate surface area is 173 Å². The summed E-state index contributed by atoms with van der Waals surface area (Å²) in [6, 6.07) is 8.81. The van der Waals surface area contributed by atoms with Crippen molar-refractivity contribution in [3.63, 3.8) is 0 Å². The van der Waals surface area contributed by atoms with Gasteiger partial charge in [-0.15, -0.1) is 0 Å². The third kappa shape index (κ3) is 3.73. The lowest BCUT2D eigenvalue weighted by Gasteiger charge is -2.06. The highest BCUT2D eigenvalue weighted by Gasteiger charge is 2.09. The zero-order chi connectivity index (χ0) is 21.3. The summed E-state index contributed by atoms with van der Waals surface area (Å²) in [5, 5.41) is 18.7. The standard InChI is InChI=1S/C22H20N6O2/c1-15(2)27-14-18(12-24-27)25-21-5-4-10-26-20(13-23-22(21)26)9-7-17-11-19(28(29)30)8-6-16(17)3/h4-6,8,10-15,25H,1-3H3. The fraction of sp³-hybridized carbons (Fsp3) is 0.182. The molecular weight excluding hydrogens is 380 g/mol. The summed E-state index contributed by atoms with van der Waals surface area (Å²) in [4.78, 5) is 15.1. The number of anilines is 2. The maximum absolute atomic E-state index is 11.0. The predicted octanol–water partition coefficient (Wildman–Crippen LogP) is 4.47. The third-order valence-electron chi connectivity index (χ3n) is 4.70. The first-order chi connectivity index (χ1) is 14.4. The lowest BCUT2D eigenvalue weighted by atomic mass is 10.1. The van der Waals surface area contributed by atoms with Crippen LogP contribution in [-0.2, 0) is 0 Å².